The third-order valence-electron chi connectivity index (χ3n) is 3.67. The number of nitrogens with one attached hydrogen (secondary N) is 1. The van der Waals surface area contributed by atoms with E-state index in [1.54, 1.807) is 0 Å². The Balaban J connectivity index is 2.46. The molecule has 2 rings (SSSR count). The van der Waals surface area contributed by atoms with Gasteiger partial charge in [-0.1, -0.05) is 42.8 Å². The van der Waals surface area contributed by atoms with Gasteiger partial charge in [-0.05, 0) is 67.3 Å². The first-order chi connectivity index (χ1) is 9.51. The summed E-state index contributed by atoms with van der Waals surface area (Å²) in [5.74, 6) is 0. The molecule has 0 bridgehead atoms. The Kier molecular flexibility index (Phi) is 4.85. The third kappa shape index (κ3) is 3.41. The van der Waals surface area contributed by atoms with E-state index in [0.717, 1.165) is 11.6 Å². The van der Waals surface area contributed by atoms with Crippen LogP contribution in [0.3, 0.4) is 0 Å². The average molecular weight is 288 g/mol. The Bertz CT molecular complexity index is 584. The van der Waals surface area contributed by atoms with Crippen LogP contribution in [0.4, 0.5) is 0 Å². The molecule has 0 radical (unpaired) electrons. The van der Waals surface area contributed by atoms with Gasteiger partial charge in [0.15, 0.2) is 0 Å². The lowest BCUT2D eigenvalue weighted by Gasteiger charge is -2.21. The average Bonchev–Trinajstić information content (AvgIpc) is 2.38. The lowest BCUT2D eigenvalue weighted by molar-refractivity contribution is 0.630. The normalized spacial score (nSPS) is 12.4. The number of benzene rings is 2. The van der Waals surface area contributed by atoms with E-state index in [1.807, 2.05) is 6.07 Å². The second-order valence-corrected chi connectivity index (χ2v) is 5.83. The Morgan fingerprint density at radius 2 is 1.70 bits per heavy atom. The van der Waals surface area contributed by atoms with E-state index in [-0.39, 0.29) is 6.04 Å². The molecule has 1 N–H and O–H groups in total. The van der Waals surface area contributed by atoms with Crippen LogP contribution in [0, 0.1) is 20.8 Å². The van der Waals surface area contributed by atoms with Crippen molar-refractivity contribution in [2.75, 3.05) is 6.54 Å². The second kappa shape index (κ2) is 6.43. The third-order valence-corrected chi connectivity index (χ3v) is 3.89. The summed E-state index contributed by atoms with van der Waals surface area (Å²) in [6, 6.07) is 13.1. The molecule has 0 amide bonds. The molecule has 0 aromatic heterocycles. The van der Waals surface area contributed by atoms with Crippen LogP contribution in [-0.4, -0.2) is 6.54 Å². The highest BCUT2D eigenvalue weighted by molar-refractivity contribution is 6.30. The van der Waals surface area contributed by atoms with Gasteiger partial charge in [-0.15, -0.1) is 0 Å². The highest BCUT2D eigenvalue weighted by atomic mass is 35.5. The van der Waals surface area contributed by atoms with Gasteiger partial charge in [0, 0.05) is 5.02 Å². The van der Waals surface area contributed by atoms with Crippen LogP contribution in [0.15, 0.2) is 36.4 Å². The van der Waals surface area contributed by atoms with E-state index < -0.39 is 0 Å². The zero-order valence-electron chi connectivity index (χ0n) is 12.6. The van der Waals surface area contributed by atoms with Gasteiger partial charge in [0.2, 0.25) is 0 Å². The van der Waals surface area contributed by atoms with Gasteiger partial charge in [0.1, 0.15) is 0 Å². The van der Waals surface area contributed by atoms with Crippen molar-refractivity contribution in [3.05, 3.63) is 69.2 Å². The molecule has 20 heavy (non-hydrogen) atoms. The van der Waals surface area contributed by atoms with Crippen LogP contribution in [0.25, 0.3) is 0 Å². The van der Waals surface area contributed by atoms with Gasteiger partial charge < -0.3 is 5.32 Å². The molecular formula is C18H22ClN. The molecule has 0 aliphatic carbocycles. The molecule has 2 aromatic carbocycles. The number of halogens is 1. The zero-order valence-corrected chi connectivity index (χ0v) is 13.4. The summed E-state index contributed by atoms with van der Waals surface area (Å²) < 4.78 is 0. The summed E-state index contributed by atoms with van der Waals surface area (Å²) in [4.78, 5) is 0. The summed E-state index contributed by atoms with van der Waals surface area (Å²) in [5.41, 5.74) is 6.35. The smallest absolute Gasteiger partial charge is 0.0577 e. The highest BCUT2D eigenvalue weighted by Gasteiger charge is 2.14. The fourth-order valence-electron chi connectivity index (χ4n) is 2.51. The molecule has 0 fully saturated rings. The fraction of sp³-hybridized carbons (Fsp3) is 0.333. The van der Waals surface area contributed by atoms with Crippen molar-refractivity contribution in [1.82, 2.24) is 5.32 Å². The summed E-state index contributed by atoms with van der Waals surface area (Å²) in [6.07, 6.45) is 0. The first-order valence-electron chi connectivity index (χ1n) is 7.09. The molecule has 0 saturated carbocycles. The van der Waals surface area contributed by atoms with Crippen molar-refractivity contribution in [2.24, 2.45) is 0 Å². The van der Waals surface area contributed by atoms with Crippen molar-refractivity contribution >= 4 is 11.6 Å². The summed E-state index contributed by atoms with van der Waals surface area (Å²) in [6.45, 7) is 9.43. The molecule has 0 aliphatic rings. The minimum absolute atomic E-state index is 0.191. The van der Waals surface area contributed by atoms with Gasteiger partial charge in [0.25, 0.3) is 0 Å². The second-order valence-electron chi connectivity index (χ2n) is 5.40. The zero-order chi connectivity index (χ0) is 14.7. The maximum atomic E-state index is 6.21. The lowest BCUT2D eigenvalue weighted by atomic mass is 9.94. The number of hydrogen-bond acceptors (Lipinski definition) is 1. The van der Waals surface area contributed by atoms with Crippen LogP contribution < -0.4 is 5.32 Å². The molecule has 2 aromatic rings. The molecule has 0 heterocycles. The van der Waals surface area contributed by atoms with Gasteiger partial charge in [0.05, 0.1) is 6.04 Å². The van der Waals surface area contributed by atoms with Crippen LogP contribution in [0.5, 0.6) is 0 Å². The highest BCUT2D eigenvalue weighted by Crippen LogP contribution is 2.27. The van der Waals surface area contributed by atoms with Crippen molar-refractivity contribution < 1.29 is 0 Å². The number of rotatable bonds is 4. The maximum absolute atomic E-state index is 6.21. The summed E-state index contributed by atoms with van der Waals surface area (Å²) >= 11 is 6.21. The van der Waals surface area contributed by atoms with Crippen molar-refractivity contribution in [3.8, 4) is 0 Å². The summed E-state index contributed by atoms with van der Waals surface area (Å²) in [5, 5.41) is 4.36. The van der Waals surface area contributed by atoms with Crippen LogP contribution in [0.2, 0.25) is 5.02 Å². The van der Waals surface area contributed by atoms with Crippen LogP contribution >= 0.6 is 11.6 Å². The number of hydrogen-bond donors (Lipinski definition) is 1. The standard InChI is InChI=1S/C18H22ClN/c1-5-20-18(15-7-6-13(3)14(4)10-15)16-8-12(2)9-17(19)11-16/h6-11,18,20H,5H2,1-4H3. The quantitative estimate of drug-likeness (QED) is 0.838. The molecule has 1 unspecified atom stereocenters. The van der Waals surface area contributed by atoms with Gasteiger partial charge >= 0.3 is 0 Å². The molecule has 2 heteroatoms. The number of aryl methyl sites for hydroxylation is 3. The topological polar surface area (TPSA) is 12.0 Å². The van der Waals surface area contributed by atoms with E-state index in [9.17, 15) is 0 Å². The molecule has 1 nitrogen and oxygen atoms in total. The SMILES string of the molecule is CCNC(c1cc(C)cc(Cl)c1)c1ccc(C)c(C)c1. The summed E-state index contributed by atoms with van der Waals surface area (Å²) in [7, 11) is 0. The van der Waals surface area contributed by atoms with Crippen LogP contribution in [0.1, 0.15) is 40.8 Å². The van der Waals surface area contributed by atoms with E-state index in [1.165, 1.54) is 27.8 Å². The molecule has 0 saturated heterocycles. The Hall–Kier alpha value is -1.31. The molecular weight excluding hydrogens is 266 g/mol. The van der Waals surface area contributed by atoms with Crippen molar-refractivity contribution in [1.29, 1.82) is 0 Å². The van der Waals surface area contributed by atoms with E-state index >= 15 is 0 Å². The Morgan fingerprint density at radius 3 is 2.30 bits per heavy atom. The predicted octanol–water partition coefficient (Wildman–Crippen LogP) is 4.96. The van der Waals surface area contributed by atoms with Gasteiger partial charge in [-0.3, -0.25) is 0 Å². The minimum atomic E-state index is 0.191. The van der Waals surface area contributed by atoms with Crippen LogP contribution in [-0.2, 0) is 0 Å². The van der Waals surface area contributed by atoms with E-state index in [4.69, 9.17) is 11.6 Å². The molecule has 106 valence electrons. The lowest BCUT2D eigenvalue weighted by Crippen LogP contribution is -2.22. The Morgan fingerprint density at radius 1 is 0.950 bits per heavy atom. The van der Waals surface area contributed by atoms with Gasteiger partial charge in [-0.25, -0.2) is 0 Å². The first-order valence-corrected chi connectivity index (χ1v) is 7.46. The largest absolute Gasteiger partial charge is 0.307 e. The molecule has 1 atom stereocenters. The minimum Gasteiger partial charge on any atom is -0.307 e. The molecule has 0 aliphatic heterocycles. The predicted molar refractivity (Wildman–Crippen MR) is 87.6 cm³/mol. The monoisotopic (exact) mass is 287 g/mol. The van der Waals surface area contributed by atoms with Gasteiger partial charge in [-0.2, -0.15) is 0 Å². The van der Waals surface area contributed by atoms with Crippen molar-refractivity contribution in [2.45, 2.75) is 33.7 Å². The maximum Gasteiger partial charge on any atom is 0.0577 e. The molecule has 0 spiro atoms. The van der Waals surface area contributed by atoms with E-state index in [2.05, 4.69) is 63.3 Å². The first kappa shape index (κ1) is 15.1. The van der Waals surface area contributed by atoms with Crippen molar-refractivity contribution in [3.63, 3.8) is 0 Å². The Labute approximate surface area is 127 Å². The van der Waals surface area contributed by atoms with E-state index in [0.29, 0.717) is 0 Å². The fourth-order valence-corrected chi connectivity index (χ4v) is 2.81.